The van der Waals surface area contributed by atoms with Gasteiger partial charge in [-0.05, 0) is 18.8 Å². The van der Waals surface area contributed by atoms with Crippen LogP contribution in [0.25, 0.3) is 0 Å². The number of imidazole rings is 1. The highest BCUT2D eigenvalue weighted by molar-refractivity contribution is 5.36. The van der Waals surface area contributed by atoms with E-state index in [-0.39, 0.29) is 0 Å². The molecule has 2 aliphatic rings. The Bertz CT molecular complexity index is 373. The molecule has 0 bridgehead atoms. The number of anilines is 1. The van der Waals surface area contributed by atoms with Crippen molar-refractivity contribution in [2.75, 3.05) is 24.5 Å². The monoisotopic (exact) mass is 234 g/mol. The first-order valence-corrected chi connectivity index (χ1v) is 6.88. The van der Waals surface area contributed by atoms with Crippen LogP contribution in [0.1, 0.15) is 26.2 Å². The van der Waals surface area contributed by atoms with Gasteiger partial charge in [0.05, 0.1) is 0 Å². The number of rotatable bonds is 4. The van der Waals surface area contributed by atoms with Gasteiger partial charge in [-0.25, -0.2) is 4.98 Å². The average molecular weight is 234 g/mol. The van der Waals surface area contributed by atoms with Crippen LogP contribution in [0.3, 0.4) is 0 Å². The molecule has 2 aliphatic heterocycles. The van der Waals surface area contributed by atoms with Gasteiger partial charge >= 0.3 is 0 Å². The summed E-state index contributed by atoms with van der Waals surface area (Å²) in [5.41, 5.74) is 0. The Labute approximate surface area is 103 Å². The zero-order valence-electron chi connectivity index (χ0n) is 10.6. The summed E-state index contributed by atoms with van der Waals surface area (Å²) in [5.74, 6) is 2.03. The number of aryl methyl sites for hydroxylation is 1. The molecule has 1 aromatic heterocycles. The predicted octanol–water partition coefficient (Wildman–Crippen LogP) is 1.48. The van der Waals surface area contributed by atoms with E-state index in [4.69, 9.17) is 0 Å². The maximum atomic E-state index is 4.57. The van der Waals surface area contributed by atoms with Crippen LogP contribution in [-0.4, -0.2) is 35.2 Å². The summed E-state index contributed by atoms with van der Waals surface area (Å²) in [7, 11) is 0. The minimum atomic E-state index is 0.678. The molecule has 0 amide bonds. The second kappa shape index (κ2) is 4.69. The fraction of sp³-hybridized carbons (Fsp3) is 0.769. The van der Waals surface area contributed by atoms with E-state index in [1.54, 1.807) is 0 Å². The van der Waals surface area contributed by atoms with Gasteiger partial charge < -0.3 is 14.8 Å². The molecule has 94 valence electrons. The van der Waals surface area contributed by atoms with Crippen LogP contribution in [-0.2, 0) is 6.54 Å². The molecule has 2 atom stereocenters. The highest BCUT2D eigenvalue weighted by Crippen LogP contribution is 2.30. The molecule has 1 N–H and O–H groups in total. The van der Waals surface area contributed by atoms with Gasteiger partial charge in [-0.1, -0.05) is 13.3 Å². The smallest absolute Gasteiger partial charge is 0.205 e. The van der Waals surface area contributed by atoms with Gasteiger partial charge in [-0.2, -0.15) is 0 Å². The van der Waals surface area contributed by atoms with Gasteiger partial charge in [0, 0.05) is 44.6 Å². The summed E-state index contributed by atoms with van der Waals surface area (Å²) >= 11 is 0. The van der Waals surface area contributed by atoms with Crippen molar-refractivity contribution in [1.82, 2.24) is 14.9 Å². The number of hydrogen-bond donors (Lipinski definition) is 1. The molecule has 4 heteroatoms. The Morgan fingerprint density at radius 2 is 2.41 bits per heavy atom. The van der Waals surface area contributed by atoms with Crippen molar-refractivity contribution in [2.24, 2.45) is 5.92 Å². The van der Waals surface area contributed by atoms with Crippen LogP contribution >= 0.6 is 0 Å². The molecule has 0 aliphatic carbocycles. The number of unbranched alkanes of at least 4 members (excludes halogenated alkanes) is 1. The van der Waals surface area contributed by atoms with Crippen molar-refractivity contribution < 1.29 is 0 Å². The second-order valence-corrected chi connectivity index (χ2v) is 5.24. The van der Waals surface area contributed by atoms with E-state index in [1.807, 2.05) is 6.20 Å². The van der Waals surface area contributed by atoms with Crippen molar-refractivity contribution in [3.05, 3.63) is 12.4 Å². The number of fused-ring (bicyclic) bond motifs is 1. The van der Waals surface area contributed by atoms with Gasteiger partial charge in [0.2, 0.25) is 5.95 Å². The Morgan fingerprint density at radius 3 is 3.29 bits per heavy atom. The lowest BCUT2D eigenvalue weighted by Crippen LogP contribution is -2.36. The molecule has 4 nitrogen and oxygen atoms in total. The van der Waals surface area contributed by atoms with Crippen LogP contribution < -0.4 is 10.2 Å². The minimum absolute atomic E-state index is 0.678. The van der Waals surface area contributed by atoms with Crippen LogP contribution in [0.15, 0.2) is 12.4 Å². The summed E-state index contributed by atoms with van der Waals surface area (Å²) in [6.45, 7) is 6.85. The lowest BCUT2D eigenvalue weighted by atomic mass is 10.1. The largest absolute Gasteiger partial charge is 0.338 e. The normalized spacial score (nSPS) is 27.7. The zero-order valence-corrected chi connectivity index (χ0v) is 10.6. The first kappa shape index (κ1) is 11.1. The maximum Gasteiger partial charge on any atom is 0.205 e. The highest BCUT2D eigenvalue weighted by Gasteiger charge is 2.38. The number of hydrogen-bond acceptors (Lipinski definition) is 3. The van der Waals surface area contributed by atoms with Crippen molar-refractivity contribution in [3.8, 4) is 0 Å². The third kappa shape index (κ3) is 1.95. The molecule has 0 spiro atoms. The van der Waals surface area contributed by atoms with Crippen molar-refractivity contribution in [1.29, 1.82) is 0 Å². The van der Waals surface area contributed by atoms with Crippen LogP contribution in [0.2, 0.25) is 0 Å². The molecule has 17 heavy (non-hydrogen) atoms. The molecule has 1 aromatic rings. The molecular formula is C13H22N4. The SMILES string of the molecule is CCCCn1ccnc1N1CC[C@H]2CNC[C@H]21. The number of nitrogens with zero attached hydrogens (tertiary/aromatic N) is 3. The third-order valence-corrected chi connectivity index (χ3v) is 4.15. The number of aromatic nitrogens is 2. The van der Waals surface area contributed by atoms with Gasteiger partial charge in [-0.3, -0.25) is 0 Å². The van der Waals surface area contributed by atoms with Crippen molar-refractivity contribution in [3.63, 3.8) is 0 Å². The Kier molecular flexibility index (Phi) is 3.05. The molecule has 0 aromatic carbocycles. The average Bonchev–Trinajstić information content (AvgIpc) is 3.01. The second-order valence-electron chi connectivity index (χ2n) is 5.24. The zero-order chi connectivity index (χ0) is 11.7. The minimum Gasteiger partial charge on any atom is -0.338 e. The summed E-state index contributed by atoms with van der Waals surface area (Å²) in [4.78, 5) is 7.09. The standard InChI is InChI=1S/C13H22N4/c1-2-3-6-16-8-5-15-13(16)17-7-4-11-9-14-10-12(11)17/h5,8,11-12,14H,2-4,6-7,9-10H2,1H3/t11-,12+/m0/s1. The van der Waals surface area contributed by atoms with Crippen molar-refractivity contribution >= 4 is 5.95 Å². The van der Waals surface area contributed by atoms with E-state index in [1.165, 1.54) is 38.3 Å². The van der Waals surface area contributed by atoms with Gasteiger partial charge in [0.25, 0.3) is 0 Å². The molecule has 0 saturated carbocycles. The summed E-state index contributed by atoms with van der Waals surface area (Å²) in [5, 5.41) is 3.50. The molecule has 2 saturated heterocycles. The topological polar surface area (TPSA) is 33.1 Å². The van der Waals surface area contributed by atoms with E-state index < -0.39 is 0 Å². The van der Waals surface area contributed by atoms with E-state index in [0.29, 0.717) is 6.04 Å². The molecule has 0 unspecified atom stereocenters. The predicted molar refractivity (Wildman–Crippen MR) is 69.2 cm³/mol. The quantitative estimate of drug-likeness (QED) is 0.856. The van der Waals surface area contributed by atoms with Crippen LogP contribution in [0, 0.1) is 5.92 Å². The molecule has 2 fully saturated rings. The van der Waals surface area contributed by atoms with Gasteiger partial charge in [0.1, 0.15) is 0 Å². The fourth-order valence-corrected chi connectivity index (χ4v) is 3.16. The van der Waals surface area contributed by atoms with E-state index in [9.17, 15) is 0 Å². The lowest BCUT2D eigenvalue weighted by molar-refractivity contribution is 0.564. The van der Waals surface area contributed by atoms with Gasteiger partial charge in [-0.15, -0.1) is 0 Å². The van der Waals surface area contributed by atoms with Crippen LogP contribution in [0.4, 0.5) is 5.95 Å². The Hall–Kier alpha value is -1.03. The summed E-state index contributed by atoms with van der Waals surface area (Å²) < 4.78 is 2.32. The van der Waals surface area contributed by atoms with E-state index in [0.717, 1.165) is 19.0 Å². The Morgan fingerprint density at radius 1 is 1.47 bits per heavy atom. The number of nitrogens with one attached hydrogen (secondary N) is 1. The highest BCUT2D eigenvalue weighted by atomic mass is 15.3. The molecule has 3 heterocycles. The summed E-state index contributed by atoms with van der Waals surface area (Å²) in [6, 6.07) is 0.678. The van der Waals surface area contributed by atoms with Gasteiger partial charge in [0.15, 0.2) is 0 Å². The van der Waals surface area contributed by atoms with Crippen LogP contribution in [0.5, 0.6) is 0 Å². The Balaban J connectivity index is 1.77. The van der Waals surface area contributed by atoms with Crippen molar-refractivity contribution in [2.45, 2.75) is 38.8 Å². The molecule has 0 radical (unpaired) electrons. The third-order valence-electron chi connectivity index (χ3n) is 4.15. The van der Waals surface area contributed by atoms with E-state index >= 15 is 0 Å². The van der Waals surface area contributed by atoms with E-state index in [2.05, 4.69) is 32.9 Å². The fourth-order valence-electron chi connectivity index (χ4n) is 3.16. The molecule has 3 rings (SSSR count). The first-order valence-electron chi connectivity index (χ1n) is 6.88. The maximum absolute atomic E-state index is 4.57. The first-order chi connectivity index (χ1) is 8.40. The summed E-state index contributed by atoms with van der Waals surface area (Å²) in [6.07, 6.45) is 7.87. The molecular weight excluding hydrogens is 212 g/mol. The lowest BCUT2D eigenvalue weighted by Gasteiger charge is -2.25.